The summed E-state index contributed by atoms with van der Waals surface area (Å²) in [6.07, 6.45) is 1.55. The molecule has 150 valence electrons. The Balaban J connectivity index is 1.86. The van der Waals surface area contributed by atoms with Crippen LogP contribution in [-0.2, 0) is 10.0 Å². The Morgan fingerprint density at radius 3 is 2.43 bits per heavy atom. The molecule has 1 saturated heterocycles. The number of halogens is 3. The summed E-state index contributed by atoms with van der Waals surface area (Å²) in [5.41, 5.74) is -0.0453. The molecule has 0 spiro atoms. The molecule has 3 rings (SSSR count). The highest BCUT2D eigenvalue weighted by Crippen LogP contribution is 2.27. The van der Waals surface area contributed by atoms with E-state index < -0.39 is 27.6 Å². The van der Waals surface area contributed by atoms with Gasteiger partial charge in [0.05, 0.1) is 15.5 Å². The Labute approximate surface area is 167 Å². The van der Waals surface area contributed by atoms with Crippen molar-refractivity contribution in [1.29, 1.82) is 0 Å². The van der Waals surface area contributed by atoms with Crippen LogP contribution in [0.15, 0.2) is 41.3 Å². The van der Waals surface area contributed by atoms with E-state index in [-0.39, 0.29) is 21.2 Å². The number of carbonyl (C=O) groups is 1. The Hall–Kier alpha value is -2.03. The quantitative estimate of drug-likeness (QED) is 0.789. The fraction of sp³-hybridized carbons (Fsp3) is 0.316. The minimum Gasteiger partial charge on any atom is -0.322 e. The van der Waals surface area contributed by atoms with Gasteiger partial charge < -0.3 is 5.32 Å². The molecular weight excluding hydrogens is 410 g/mol. The standard InChI is InChI=1S/C19H19ClF2N2O3S/c1-12-6-8-24(9-7-12)28(26,27)14-3-4-16(20)15(11-14)19(25)23-13-2-5-17(21)18(22)10-13/h2-5,10-12H,6-9H2,1H3,(H,23,25). The second-order valence-corrected chi connectivity index (χ2v) is 9.16. The molecule has 1 fully saturated rings. The average molecular weight is 429 g/mol. The van der Waals surface area contributed by atoms with Crippen molar-refractivity contribution in [3.8, 4) is 0 Å². The Kier molecular flexibility index (Phi) is 6.02. The van der Waals surface area contributed by atoms with Gasteiger partial charge in [0.15, 0.2) is 11.6 Å². The van der Waals surface area contributed by atoms with E-state index in [1.807, 2.05) is 0 Å². The van der Waals surface area contributed by atoms with Crippen molar-refractivity contribution in [2.45, 2.75) is 24.7 Å². The molecule has 0 unspecified atom stereocenters. The van der Waals surface area contributed by atoms with Crippen molar-refractivity contribution in [2.24, 2.45) is 5.92 Å². The molecule has 2 aromatic rings. The third kappa shape index (κ3) is 4.34. The molecule has 0 radical (unpaired) electrons. The topological polar surface area (TPSA) is 66.5 Å². The molecule has 0 bridgehead atoms. The highest BCUT2D eigenvalue weighted by Gasteiger charge is 2.29. The number of rotatable bonds is 4. The van der Waals surface area contributed by atoms with Crippen molar-refractivity contribution in [3.05, 3.63) is 58.6 Å². The Morgan fingerprint density at radius 2 is 1.79 bits per heavy atom. The van der Waals surface area contributed by atoms with Crippen LogP contribution in [0.1, 0.15) is 30.1 Å². The summed E-state index contributed by atoms with van der Waals surface area (Å²) < 4.78 is 53.5. The van der Waals surface area contributed by atoms with Crippen molar-refractivity contribution < 1.29 is 22.0 Å². The van der Waals surface area contributed by atoms with Gasteiger partial charge in [0.1, 0.15) is 0 Å². The Morgan fingerprint density at radius 1 is 1.11 bits per heavy atom. The molecule has 0 atom stereocenters. The van der Waals surface area contributed by atoms with Crippen LogP contribution >= 0.6 is 11.6 Å². The molecule has 5 nitrogen and oxygen atoms in total. The van der Waals surface area contributed by atoms with Gasteiger partial charge in [-0.25, -0.2) is 17.2 Å². The largest absolute Gasteiger partial charge is 0.322 e. The third-order valence-corrected chi connectivity index (χ3v) is 6.96. The van der Waals surface area contributed by atoms with Crippen molar-refractivity contribution in [2.75, 3.05) is 18.4 Å². The van der Waals surface area contributed by atoms with Gasteiger partial charge in [-0.05, 0) is 49.1 Å². The number of anilines is 1. The van der Waals surface area contributed by atoms with E-state index in [9.17, 15) is 22.0 Å². The van der Waals surface area contributed by atoms with Crippen LogP contribution in [0.5, 0.6) is 0 Å². The summed E-state index contributed by atoms with van der Waals surface area (Å²) in [6, 6.07) is 6.79. The zero-order valence-electron chi connectivity index (χ0n) is 15.1. The summed E-state index contributed by atoms with van der Waals surface area (Å²) in [5, 5.41) is 2.44. The second kappa shape index (κ2) is 8.14. The van der Waals surface area contributed by atoms with Gasteiger partial charge in [0, 0.05) is 24.8 Å². The maximum absolute atomic E-state index is 13.3. The minimum atomic E-state index is -3.76. The van der Waals surface area contributed by atoms with Crippen LogP contribution in [0.2, 0.25) is 5.02 Å². The van der Waals surface area contributed by atoms with Gasteiger partial charge in [-0.1, -0.05) is 18.5 Å². The average Bonchev–Trinajstić information content (AvgIpc) is 2.65. The van der Waals surface area contributed by atoms with Crippen LogP contribution in [0.3, 0.4) is 0 Å². The predicted octanol–water partition coefficient (Wildman–Crippen LogP) is 4.29. The first-order valence-electron chi connectivity index (χ1n) is 8.74. The van der Waals surface area contributed by atoms with Crippen molar-refractivity contribution >= 4 is 33.2 Å². The SMILES string of the molecule is CC1CCN(S(=O)(=O)c2ccc(Cl)c(C(=O)Nc3ccc(F)c(F)c3)c2)CC1. The first-order chi connectivity index (χ1) is 13.2. The lowest BCUT2D eigenvalue weighted by atomic mass is 10.0. The van der Waals surface area contributed by atoms with E-state index in [1.54, 1.807) is 0 Å². The van der Waals surface area contributed by atoms with Crippen LogP contribution in [0.4, 0.5) is 14.5 Å². The highest BCUT2D eigenvalue weighted by atomic mass is 35.5. The molecule has 1 aliphatic heterocycles. The number of carbonyl (C=O) groups excluding carboxylic acids is 1. The molecule has 1 amide bonds. The summed E-state index contributed by atoms with van der Waals surface area (Å²) >= 11 is 6.07. The highest BCUT2D eigenvalue weighted by molar-refractivity contribution is 7.89. The molecule has 0 saturated carbocycles. The van der Waals surface area contributed by atoms with Crippen LogP contribution in [-0.4, -0.2) is 31.7 Å². The first-order valence-corrected chi connectivity index (χ1v) is 10.6. The predicted molar refractivity (Wildman–Crippen MR) is 103 cm³/mol. The smallest absolute Gasteiger partial charge is 0.257 e. The fourth-order valence-electron chi connectivity index (χ4n) is 2.99. The van der Waals surface area contributed by atoms with E-state index in [0.29, 0.717) is 19.0 Å². The van der Waals surface area contributed by atoms with Gasteiger partial charge in [-0.2, -0.15) is 4.31 Å². The molecule has 2 aromatic carbocycles. The van der Waals surface area contributed by atoms with Gasteiger partial charge >= 0.3 is 0 Å². The lowest BCUT2D eigenvalue weighted by molar-refractivity contribution is 0.102. The van der Waals surface area contributed by atoms with Crippen LogP contribution in [0.25, 0.3) is 0 Å². The van der Waals surface area contributed by atoms with Crippen LogP contribution in [0, 0.1) is 17.6 Å². The lowest BCUT2D eigenvalue weighted by Crippen LogP contribution is -2.37. The molecule has 0 aliphatic carbocycles. The maximum Gasteiger partial charge on any atom is 0.257 e. The van der Waals surface area contributed by atoms with Crippen molar-refractivity contribution in [1.82, 2.24) is 4.31 Å². The number of sulfonamides is 1. The summed E-state index contributed by atoms with van der Waals surface area (Å²) in [6.45, 7) is 2.91. The molecule has 9 heteroatoms. The monoisotopic (exact) mass is 428 g/mol. The lowest BCUT2D eigenvalue weighted by Gasteiger charge is -2.29. The zero-order valence-corrected chi connectivity index (χ0v) is 16.7. The Bertz CT molecular complexity index is 1010. The van der Waals surface area contributed by atoms with E-state index in [0.717, 1.165) is 25.0 Å². The van der Waals surface area contributed by atoms with E-state index in [2.05, 4.69) is 12.2 Å². The first kappa shape index (κ1) is 20.7. The number of piperidine rings is 1. The van der Waals surface area contributed by atoms with E-state index >= 15 is 0 Å². The van der Waals surface area contributed by atoms with Gasteiger partial charge in [0.2, 0.25) is 10.0 Å². The number of amides is 1. The number of hydrogen-bond acceptors (Lipinski definition) is 3. The maximum atomic E-state index is 13.3. The summed E-state index contributed by atoms with van der Waals surface area (Å²) in [7, 11) is -3.76. The van der Waals surface area contributed by atoms with Gasteiger partial charge in [0.25, 0.3) is 5.91 Å². The normalized spacial score (nSPS) is 16.1. The van der Waals surface area contributed by atoms with Crippen molar-refractivity contribution in [3.63, 3.8) is 0 Å². The fourth-order valence-corrected chi connectivity index (χ4v) is 4.69. The van der Waals surface area contributed by atoms with Gasteiger partial charge in [-0.3, -0.25) is 4.79 Å². The van der Waals surface area contributed by atoms with E-state index in [4.69, 9.17) is 11.6 Å². The number of hydrogen-bond donors (Lipinski definition) is 1. The van der Waals surface area contributed by atoms with Gasteiger partial charge in [-0.15, -0.1) is 0 Å². The zero-order chi connectivity index (χ0) is 20.5. The molecule has 28 heavy (non-hydrogen) atoms. The number of benzene rings is 2. The molecule has 1 aliphatic rings. The van der Waals surface area contributed by atoms with Crippen LogP contribution < -0.4 is 5.32 Å². The third-order valence-electron chi connectivity index (χ3n) is 4.74. The molecule has 1 heterocycles. The molecule has 1 N–H and O–H groups in total. The second-order valence-electron chi connectivity index (χ2n) is 6.81. The minimum absolute atomic E-state index is 0.0262. The molecular formula is C19H19ClF2N2O3S. The number of nitrogens with zero attached hydrogens (tertiary/aromatic N) is 1. The molecule has 0 aromatic heterocycles. The van der Waals surface area contributed by atoms with E-state index in [1.165, 1.54) is 28.6 Å². The summed E-state index contributed by atoms with van der Waals surface area (Å²) in [5.74, 6) is -2.41. The number of nitrogens with one attached hydrogen (secondary N) is 1. The summed E-state index contributed by atoms with van der Waals surface area (Å²) in [4.78, 5) is 12.5.